The van der Waals surface area contributed by atoms with Gasteiger partial charge in [-0.05, 0) is 37.5 Å². The molecule has 0 radical (unpaired) electrons. The Hall–Kier alpha value is -2.41. The van der Waals surface area contributed by atoms with Gasteiger partial charge in [0.2, 0.25) is 0 Å². The molecule has 0 saturated carbocycles. The van der Waals surface area contributed by atoms with Crippen LogP contribution in [0.15, 0.2) is 42.5 Å². The molecule has 0 heterocycles. The second-order valence-electron chi connectivity index (χ2n) is 5.16. The Kier molecular flexibility index (Phi) is 5.48. The minimum atomic E-state index is -0.713. The fraction of sp³-hybridized carbons (Fsp3) is 0.278. The van der Waals surface area contributed by atoms with Crippen LogP contribution in [0.1, 0.15) is 29.9 Å². The summed E-state index contributed by atoms with van der Waals surface area (Å²) in [5.41, 5.74) is 2.12. The van der Waals surface area contributed by atoms with Crippen LogP contribution >= 0.6 is 0 Å². The normalized spacial score (nSPS) is 11.7. The Morgan fingerprint density at radius 2 is 1.86 bits per heavy atom. The number of hydrogen-bond acceptors (Lipinski definition) is 2. The van der Waals surface area contributed by atoms with Crippen LogP contribution in [-0.4, -0.2) is 6.61 Å². The van der Waals surface area contributed by atoms with E-state index in [4.69, 9.17) is 4.74 Å². The van der Waals surface area contributed by atoms with E-state index in [-0.39, 0.29) is 18.3 Å². The molecular weight excluding hydrogens is 284 g/mol. The van der Waals surface area contributed by atoms with Gasteiger partial charge in [0, 0.05) is 6.07 Å². The lowest BCUT2D eigenvalue weighted by Crippen LogP contribution is -2.03. The summed E-state index contributed by atoms with van der Waals surface area (Å²) in [5, 5.41) is 9.25. The number of ether oxygens (including phenoxy) is 1. The van der Waals surface area contributed by atoms with Gasteiger partial charge in [-0.25, -0.2) is 8.78 Å². The fourth-order valence-corrected chi connectivity index (χ4v) is 2.17. The molecule has 1 atom stereocenters. The number of nitriles is 1. The Balaban J connectivity index is 1.84. The average molecular weight is 301 g/mol. The van der Waals surface area contributed by atoms with E-state index in [1.54, 1.807) is 0 Å². The van der Waals surface area contributed by atoms with E-state index in [2.05, 4.69) is 6.07 Å². The van der Waals surface area contributed by atoms with E-state index in [9.17, 15) is 14.0 Å². The summed E-state index contributed by atoms with van der Waals surface area (Å²) in [7, 11) is 0. The first-order valence-corrected chi connectivity index (χ1v) is 7.14. The zero-order valence-electron chi connectivity index (χ0n) is 12.4. The fourth-order valence-electron chi connectivity index (χ4n) is 2.17. The molecule has 22 heavy (non-hydrogen) atoms. The SMILES string of the molecule is Cc1ccc(C(C#N)CCCOc2ccc(F)cc2F)cc1. The van der Waals surface area contributed by atoms with Crippen LogP contribution in [0, 0.1) is 29.9 Å². The van der Waals surface area contributed by atoms with E-state index >= 15 is 0 Å². The van der Waals surface area contributed by atoms with Crippen molar-refractivity contribution >= 4 is 0 Å². The average Bonchev–Trinajstić information content (AvgIpc) is 2.50. The molecular formula is C18H17F2NO. The molecule has 0 fully saturated rings. The van der Waals surface area contributed by atoms with Gasteiger partial charge in [0.25, 0.3) is 0 Å². The zero-order chi connectivity index (χ0) is 15.9. The Morgan fingerprint density at radius 3 is 2.50 bits per heavy atom. The van der Waals surface area contributed by atoms with Crippen molar-refractivity contribution in [3.8, 4) is 11.8 Å². The first-order valence-electron chi connectivity index (χ1n) is 7.14. The lowest BCUT2D eigenvalue weighted by Gasteiger charge is -2.11. The van der Waals surface area contributed by atoms with Crippen molar-refractivity contribution in [2.45, 2.75) is 25.7 Å². The van der Waals surface area contributed by atoms with Crippen LogP contribution in [0.5, 0.6) is 5.75 Å². The summed E-state index contributed by atoms with van der Waals surface area (Å²) < 4.78 is 31.5. The number of benzene rings is 2. The summed E-state index contributed by atoms with van der Waals surface area (Å²) in [5.74, 6) is -1.52. The van der Waals surface area contributed by atoms with Crippen LogP contribution in [0.4, 0.5) is 8.78 Å². The summed E-state index contributed by atoms with van der Waals surface area (Å²) in [6.07, 6.45) is 1.24. The van der Waals surface area contributed by atoms with Crippen LogP contribution < -0.4 is 4.74 Å². The summed E-state index contributed by atoms with van der Waals surface area (Å²) in [6, 6.07) is 13.3. The van der Waals surface area contributed by atoms with E-state index < -0.39 is 11.6 Å². The maximum Gasteiger partial charge on any atom is 0.167 e. The lowest BCUT2D eigenvalue weighted by atomic mass is 9.95. The molecule has 0 aliphatic carbocycles. The quantitative estimate of drug-likeness (QED) is 0.722. The third-order valence-electron chi connectivity index (χ3n) is 3.42. The molecule has 4 heteroatoms. The monoisotopic (exact) mass is 301 g/mol. The van der Waals surface area contributed by atoms with Crippen LogP contribution in [0.3, 0.4) is 0 Å². The van der Waals surface area contributed by atoms with Crippen LogP contribution in [-0.2, 0) is 0 Å². The van der Waals surface area contributed by atoms with Crippen molar-refractivity contribution in [3.63, 3.8) is 0 Å². The highest BCUT2D eigenvalue weighted by atomic mass is 19.1. The van der Waals surface area contributed by atoms with Gasteiger partial charge < -0.3 is 4.74 Å². The third-order valence-corrected chi connectivity index (χ3v) is 3.42. The minimum Gasteiger partial charge on any atom is -0.491 e. The molecule has 0 aliphatic rings. The molecule has 2 rings (SSSR count). The highest BCUT2D eigenvalue weighted by Crippen LogP contribution is 2.22. The smallest absolute Gasteiger partial charge is 0.167 e. The zero-order valence-corrected chi connectivity index (χ0v) is 12.4. The molecule has 2 nitrogen and oxygen atoms in total. The Bertz CT molecular complexity index is 662. The molecule has 0 amide bonds. The summed E-state index contributed by atoms with van der Waals surface area (Å²) >= 11 is 0. The molecule has 2 aromatic rings. The first kappa shape index (κ1) is 16.0. The molecule has 0 spiro atoms. The van der Waals surface area contributed by atoms with Crippen molar-refractivity contribution in [2.75, 3.05) is 6.61 Å². The van der Waals surface area contributed by atoms with Crippen molar-refractivity contribution in [1.29, 1.82) is 5.26 Å². The second kappa shape index (κ2) is 7.56. The van der Waals surface area contributed by atoms with E-state index in [0.717, 1.165) is 23.3 Å². The molecule has 114 valence electrons. The molecule has 2 aromatic carbocycles. The molecule has 0 N–H and O–H groups in total. The van der Waals surface area contributed by atoms with Gasteiger partial charge in [0.05, 0.1) is 18.6 Å². The predicted octanol–water partition coefficient (Wildman–Crippen LogP) is 4.74. The summed E-state index contributed by atoms with van der Waals surface area (Å²) in [4.78, 5) is 0. The first-order chi connectivity index (χ1) is 10.6. The highest BCUT2D eigenvalue weighted by Gasteiger charge is 2.11. The molecule has 0 bridgehead atoms. The van der Waals surface area contributed by atoms with Gasteiger partial charge in [-0.2, -0.15) is 5.26 Å². The van der Waals surface area contributed by atoms with Crippen LogP contribution in [0.2, 0.25) is 0 Å². The van der Waals surface area contributed by atoms with Crippen molar-refractivity contribution < 1.29 is 13.5 Å². The molecule has 0 aromatic heterocycles. The minimum absolute atomic E-state index is 0.0326. The highest BCUT2D eigenvalue weighted by molar-refractivity contribution is 5.28. The maximum absolute atomic E-state index is 13.4. The number of aryl methyl sites for hydroxylation is 1. The maximum atomic E-state index is 13.4. The van der Waals surface area contributed by atoms with E-state index in [1.807, 2.05) is 31.2 Å². The number of rotatable bonds is 6. The topological polar surface area (TPSA) is 33.0 Å². The van der Waals surface area contributed by atoms with Gasteiger partial charge in [-0.3, -0.25) is 0 Å². The van der Waals surface area contributed by atoms with Crippen molar-refractivity contribution in [3.05, 3.63) is 65.2 Å². The lowest BCUT2D eigenvalue weighted by molar-refractivity contribution is 0.289. The number of hydrogen-bond donors (Lipinski definition) is 0. The van der Waals surface area contributed by atoms with Gasteiger partial charge in [0.1, 0.15) is 5.82 Å². The van der Waals surface area contributed by atoms with Gasteiger partial charge >= 0.3 is 0 Å². The van der Waals surface area contributed by atoms with Gasteiger partial charge in [-0.15, -0.1) is 0 Å². The number of nitrogens with zero attached hydrogens (tertiary/aromatic N) is 1. The Morgan fingerprint density at radius 1 is 1.14 bits per heavy atom. The van der Waals surface area contributed by atoms with E-state index in [0.29, 0.717) is 12.8 Å². The summed E-state index contributed by atoms with van der Waals surface area (Å²) in [6.45, 7) is 2.28. The second-order valence-corrected chi connectivity index (χ2v) is 5.16. The third kappa shape index (κ3) is 4.29. The van der Waals surface area contributed by atoms with Crippen molar-refractivity contribution in [2.24, 2.45) is 0 Å². The molecule has 1 unspecified atom stereocenters. The van der Waals surface area contributed by atoms with Gasteiger partial charge in [-0.1, -0.05) is 29.8 Å². The van der Waals surface area contributed by atoms with Gasteiger partial charge in [0.15, 0.2) is 11.6 Å². The van der Waals surface area contributed by atoms with Crippen molar-refractivity contribution in [1.82, 2.24) is 0 Å². The largest absolute Gasteiger partial charge is 0.491 e. The van der Waals surface area contributed by atoms with Crippen LogP contribution in [0.25, 0.3) is 0 Å². The molecule has 0 saturated heterocycles. The standard InChI is InChI=1S/C18H17F2NO/c1-13-4-6-14(7-5-13)15(12-21)3-2-10-22-18-9-8-16(19)11-17(18)20/h4-9,11,15H,2-3,10H2,1H3. The Labute approximate surface area is 129 Å². The van der Waals surface area contributed by atoms with E-state index in [1.165, 1.54) is 6.07 Å². The molecule has 0 aliphatic heterocycles. The number of halogens is 2. The predicted molar refractivity (Wildman–Crippen MR) is 80.6 cm³/mol.